The Kier molecular flexibility index (Phi) is 14.5. The molecule has 2 rings (SSSR count). The number of nitrogens with one attached hydrogen (secondary N) is 4. The zero-order chi connectivity index (χ0) is 38.1. The van der Waals surface area contributed by atoms with Crippen molar-refractivity contribution in [1.29, 1.82) is 0 Å². The molecule has 14 heteroatoms. The van der Waals surface area contributed by atoms with Gasteiger partial charge in [-0.3, -0.25) is 28.8 Å². The summed E-state index contributed by atoms with van der Waals surface area (Å²) in [5, 5.41) is 10.3. The third kappa shape index (κ3) is 12.1. The molecule has 0 aliphatic carbocycles. The molecule has 4 atom stereocenters. The largest absolute Gasteiger partial charge is 0.447 e. The predicted octanol–water partition coefficient (Wildman–Crippen LogP) is 2.32. The number of ether oxygens (including phenoxy) is 1. The third-order valence-corrected chi connectivity index (χ3v) is 8.12. The van der Waals surface area contributed by atoms with E-state index >= 15 is 0 Å². The lowest BCUT2D eigenvalue weighted by atomic mass is 9.85. The lowest BCUT2D eigenvalue weighted by molar-refractivity contribution is -0.144. The molecule has 1 aromatic rings. The molecular formula is C36H56N6O8. The number of likely N-dealkylation sites (tertiary alicyclic amines) is 1. The summed E-state index contributed by atoms with van der Waals surface area (Å²) in [6.07, 6.45) is -0.763. The first kappa shape index (κ1) is 41.7. The van der Waals surface area contributed by atoms with E-state index in [2.05, 4.69) is 21.3 Å². The zero-order valence-corrected chi connectivity index (χ0v) is 31.3. The summed E-state index contributed by atoms with van der Waals surface area (Å²) in [6, 6.07) is 4.37. The highest BCUT2D eigenvalue weighted by Gasteiger charge is 2.48. The number of Topliss-reactive ketones (excluding diaryl/α,β-unsaturated/α-hetero) is 1. The highest BCUT2D eigenvalue weighted by atomic mass is 16.6. The lowest BCUT2D eigenvalue weighted by Gasteiger charge is -2.35. The lowest BCUT2D eigenvalue weighted by Crippen LogP contribution is -2.59. The average molecular weight is 701 g/mol. The van der Waals surface area contributed by atoms with Crippen LogP contribution in [0.3, 0.4) is 0 Å². The number of ketones is 1. The van der Waals surface area contributed by atoms with Crippen molar-refractivity contribution in [2.75, 3.05) is 27.2 Å². The van der Waals surface area contributed by atoms with Crippen LogP contribution in [0, 0.1) is 16.7 Å². The number of carbonyl (C=O) groups is 7. The molecule has 1 aliphatic rings. The van der Waals surface area contributed by atoms with Gasteiger partial charge < -0.3 is 35.8 Å². The number of carbonyl (C=O) groups excluding carboxylic acids is 7. The molecule has 278 valence electrons. The number of benzene rings is 1. The number of alkyl carbamates (subject to hydrolysis) is 1. The van der Waals surface area contributed by atoms with Crippen LogP contribution in [-0.4, -0.2) is 103 Å². The second kappa shape index (κ2) is 17.4. The normalized spacial score (nSPS) is 17.3. The predicted molar refractivity (Wildman–Crippen MR) is 187 cm³/mol. The fraction of sp³-hybridized carbons (Fsp3) is 0.639. The number of rotatable bonds is 14. The van der Waals surface area contributed by atoms with Gasteiger partial charge in [0.25, 0.3) is 5.91 Å². The Bertz CT molecular complexity index is 1400. The molecule has 6 amide bonds. The van der Waals surface area contributed by atoms with E-state index in [9.17, 15) is 33.6 Å². The van der Waals surface area contributed by atoms with Crippen molar-refractivity contribution in [1.82, 2.24) is 31.1 Å². The fourth-order valence-corrected chi connectivity index (χ4v) is 5.70. The van der Waals surface area contributed by atoms with E-state index < -0.39 is 83.2 Å². The van der Waals surface area contributed by atoms with Crippen molar-refractivity contribution in [2.45, 2.75) is 105 Å². The number of nitrogens with zero attached hydrogens (tertiary/aromatic N) is 2. The van der Waals surface area contributed by atoms with Crippen LogP contribution >= 0.6 is 0 Å². The highest BCUT2D eigenvalue weighted by Crippen LogP contribution is 2.36. The summed E-state index contributed by atoms with van der Waals surface area (Å²) in [5.41, 5.74) is -0.654. The summed E-state index contributed by atoms with van der Waals surface area (Å²) in [7, 11) is 3.11. The van der Waals surface area contributed by atoms with Gasteiger partial charge in [0.1, 0.15) is 18.1 Å². The molecule has 0 spiro atoms. The van der Waals surface area contributed by atoms with Crippen LogP contribution in [0.4, 0.5) is 4.79 Å². The Balaban J connectivity index is 2.21. The second-order valence-electron chi connectivity index (χ2n) is 15.6. The number of amides is 6. The molecule has 50 heavy (non-hydrogen) atoms. The first-order chi connectivity index (χ1) is 23.0. The Morgan fingerprint density at radius 3 is 2.06 bits per heavy atom. The second-order valence-corrected chi connectivity index (χ2v) is 15.6. The van der Waals surface area contributed by atoms with Crippen LogP contribution < -0.4 is 21.3 Å². The van der Waals surface area contributed by atoms with Crippen molar-refractivity contribution in [2.24, 2.45) is 16.7 Å². The minimum atomic E-state index is -1.24. The van der Waals surface area contributed by atoms with E-state index in [0.29, 0.717) is 5.56 Å². The summed E-state index contributed by atoms with van der Waals surface area (Å²) in [5.74, 6) is -4.30. The van der Waals surface area contributed by atoms with Gasteiger partial charge in [0.05, 0.1) is 18.7 Å². The van der Waals surface area contributed by atoms with Gasteiger partial charge >= 0.3 is 6.09 Å². The smallest absolute Gasteiger partial charge is 0.408 e. The van der Waals surface area contributed by atoms with E-state index in [4.69, 9.17) is 4.74 Å². The van der Waals surface area contributed by atoms with Gasteiger partial charge in [0, 0.05) is 20.6 Å². The zero-order valence-electron chi connectivity index (χ0n) is 31.3. The molecule has 14 nitrogen and oxygen atoms in total. The molecule has 4 N–H and O–H groups in total. The van der Waals surface area contributed by atoms with Gasteiger partial charge in [-0.05, 0) is 49.0 Å². The van der Waals surface area contributed by atoms with Crippen molar-refractivity contribution in [3.63, 3.8) is 0 Å². The molecule has 1 aliphatic heterocycles. The Labute approximate surface area is 295 Å². The molecule has 0 aromatic heterocycles. The molecule has 0 saturated carbocycles. The van der Waals surface area contributed by atoms with Crippen molar-refractivity contribution in [3.05, 3.63) is 35.9 Å². The first-order valence-electron chi connectivity index (χ1n) is 17.0. The topological polar surface area (TPSA) is 183 Å². The van der Waals surface area contributed by atoms with Crippen molar-refractivity contribution >= 4 is 41.4 Å². The summed E-state index contributed by atoms with van der Waals surface area (Å²) in [4.78, 5) is 95.2. The minimum absolute atomic E-state index is 0.108. The molecule has 1 heterocycles. The number of likely N-dealkylation sites (N-methyl/N-ethyl adjacent to an activating group) is 1. The monoisotopic (exact) mass is 700 g/mol. The average Bonchev–Trinajstić information content (AvgIpc) is 3.34. The molecule has 1 fully saturated rings. The van der Waals surface area contributed by atoms with E-state index in [-0.39, 0.29) is 31.2 Å². The highest BCUT2D eigenvalue weighted by molar-refractivity contribution is 6.38. The fourth-order valence-electron chi connectivity index (χ4n) is 5.70. The van der Waals surface area contributed by atoms with Crippen molar-refractivity contribution in [3.8, 4) is 0 Å². The molecule has 1 aromatic carbocycles. The van der Waals surface area contributed by atoms with Crippen LogP contribution in [0.1, 0.15) is 86.8 Å². The van der Waals surface area contributed by atoms with Gasteiger partial charge in [0.15, 0.2) is 0 Å². The molecular weight excluding hydrogens is 644 g/mol. The van der Waals surface area contributed by atoms with Crippen LogP contribution in [0.5, 0.6) is 0 Å². The summed E-state index contributed by atoms with van der Waals surface area (Å²) < 4.78 is 5.22. The van der Waals surface area contributed by atoms with Gasteiger partial charge in [-0.1, -0.05) is 78.8 Å². The van der Waals surface area contributed by atoms with Gasteiger partial charge in [-0.25, -0.2) is 4.79 Å². The van der Waals surface area contributed by atoms with Crippen LogP contribution in [0.2, 0.25) is 0 Å². The van der Waals surface area contributed by atoms with E-state index in [0.717, 1.165) is 0 Å². The summed E-state index contributed by atoms with van der Waals surface area (Å²) >= 11 is 0. The maximum Gasteiger partial charge on any atom is 0.408 e. The minimum Gasteiger partial charge on any atom is -0.447 e. The van der Waals surface area contributed by atoms with Crippen LogP contribution in [0.15, 0.2) is 30.3 Å². The van der Waals surface area contributed by atoms with E-state index in [1.807, 2.05) is 27.7 Å². The van der Waals surface area contributed by atoms with Gasteiger partial charge in [0.2, 0.25) is 29.4 Å². The van der Waals surface area contributed by atoms with E-state index in [1.54, 1.807) is 79.0 Å². The van der Waals surface area contributed by atoms with Crippen molar-refractivity contribution < 1.29 is 38.3 Å². The number of hydrogen-bond donors (Lipinski definition) is 4. The molecule has 0 bridgehead atoms. The Morgan fingerprint density at radius 2 is 1.54 bits per heavy atom. The Hall–Kier alpha value is -4.49. The molecule has 0 radical (unpaired) electrons. The quantitative estimate of drug-likeness (QED) is 0.213. The van der Waals surface area contributed by atoms with Crippen LogP contribution in [0.25, 0.3) is 0 Å². The maximum absolute atomic E-state index is 14.0. The molecule has 0 unspecified atom stereocenters. The Morgan fingerprint density at radius 1 is 0.940 bits per heavy atom. The summed E-state index contributed by atoms with van der Waals surface area (Å²) in [6.45, 7) is 15.9. The van der Waals surface area contributed by atoms with Gasteiger partial charge in [-0.15, -0.1) is 0 Å². The third-order valence-electron chi connectivity index (χ3n) is 8.12. The van der Waals surface area contributed by atoms with Crippen LogP contribution in [-0.2, 0) is 33.5 Å². The standard InChI is InChI=1S/C36H56N6O8/c1-21(2)17-24(28(44)31(46)37-19-26(43)39-27(32(47)41(10)11)23-15-13-12-14-16-23)38-30(45)25-18-36(8,9)20-42(25)33(48)29(35(5,6)7)40-34(49)50-22(3)4/h12-16,21-22,24-25,27,29H,17-20H2,1-11H3,(H,37,46)(H,38,45)(H,39,43)(H,40,49)/t24-,25-,27-,29+/m0/s1. The van der Waals surface area contributed by atoms with Gasteiger partial charge in [-0.2, -0.15) is 0 Å². The first-order valence-corrected chi connectivity index (χ1v) is 17.0. The number of hydrogen-bond acceptors (Lipinski definition) is 8. The molecule has 1 saturated heterocycles. The van der Waals surface area contributed by atoms with E-state index in [1.165, 1.54) is 9.80 Å². The maximum atomic E-state index is 14.0. The SMILES string of the molecule is CC(C)C[C@H](NC(=O)[C@@H]1CC(C)(C)CN1C(=O)[C@@H](NC(=O)OC(C)C)C(C)(C)C)C(=O)C(=O)NCC(=O)N[C@H](C(=O)N(C)C)c1ccccc1.